The van der Waals surface area contributed by atoms with Crippen LogP contribution < -0.4 is 10.1 Å². The summed E-state index contributed by atoms with van der Waals surface area (Å²) >= 11 is 0. The second kappa shape index (κ2) is 6.13. The Morgan fingerprint density at radius 3 is 2.68 bits per heavy atom. The van der Waals surface area contributed by atoms with Gasteiger partial charge in [0.15, 0.2) is 0 Å². The topological polar surface area (TPSA) is 47.0 Å². The maximum Gasteiger partial charge on any atom is 0.226 e. The number of anilines is 1. The molecule has 4 nitrogen and oxygen atoms in total. The molecule has 0 amide bonds. The molecule has 2 aromatic rings. The van der Waals surface area contributed by atoms with Crippen LogP contribution in [0.1, 0.15) is 12.5 Å². The third-order valence-electron chi connectivity index (χ3n) is 2.67. The van der Waals surface area contributed by atoms with Crippen LogP contribution in [0.3, 0.4) is 0 Å². The molecule has 100 valence electrons. The summed E-state index contributed by atoms with van der Waals surface area (Å²) in [6.45, 7) is 2.02. The molecular formula is C14H16FN3O. The zero-order chi connectivity index (χ0) is 13.7. The number of nitrogens with one attached hydrogen (secondary N) is 1. The van der Waals surface area contributed by atoms with Crippen LogP contribution in [0.4, 0.5) is 10.3 Å². The number of aromatic nitrogens is 2. The van der Waals surface area contributed by atoms with Crippen LogP contribution in [0.25, 0.3) is 0 Å². The first kappa shape index (κ1) is 13.3. The molecular weight excluding hydrogens is 245 g/mol. The van der Waals surface area contributed by atoms with Gasteiger partial charge in [0.05, 0.1) is 7.11 Å². The number of methoxy groups -OCH3 is 1. The minimum Gasteiger partial charge on any atom is -0.481 e. The maximum absolute atomic E-state index is 12.8. The molecule has 1 N–H and O–H groups in total. The zero-order valence-electron chi connectivity index (χ0n) is 10.9. The van der Waals surface area contributed by atoms with Gasteiger partial charge in [-0.05, 0) is 31.0 Å². The van der Waals surface area contributed by atoms with Gasteiger partial charge in [-0.3, -0.25) is 0 Å². The molecule has 0 bridgehead atoms. The molecule has 0 aliphatic carbocycles. The molecule has 5 heteroatoms. The minimum absolute atomic E-state index is 0.137. The van der Waals surface area contributed by atoms with Crippen LogP contribution in [0.2, 0.25) is 0 Å². The Hall–Kier alpha value is -2.17. The van der Waals surface area contributed by atoms with Crippen molar-refractivity contribution in [3.8, 4) is 5.88 Å². The van der Waals surface area contributed by atoms with Crippen molar-refractivity contribution in [1.29, 1.82) is 0 Å². The fourth-order valence-corrected chi connectivity index (χ4v) is 1.77. The minimum atomic E-state index is -0.222. The third kappa shape index (κ3) is 3.91. The average molecular weight is 261 g/mol. The van der Waals surface area contributed by atoms with Crippen molar-refractivity contribution >= 4 is 5.95 Å². The lowest BCUT2D eigenvalue weighted by Gasteiger charge is -2.14. The fourth-order valence-electron chi connectivity index (χ4n) is 1.77. The predicted molar refractivity (Wildman–Crippen MR) is 71.8 cm³/mol. The number of hydrogen-bond acceptors (Lipinski definition) is 4. The molecule has 0 aliphatic rings. The molecule has 2 rings (SSSR count). The standard InChI is InChI=1S/C14H16FN3O/c1-10(9-11-3-5-12(15)6-4-11)17-14-16-8-7-13(18-14)19-2/h3-8,10H,9H2,1-2H3,(H,16,17,18). The zero-order valence-corrected chi connectivity index (χ0v) is 10.9. The number of halogens is 1. The summed E-state index contributed by atoms with van der Waals surface area (Å²) in [5.74, 6) is 0.820. The Morgan fingerprint density at radius 1 is 1.26 bits per heavy atom. The SMILES string of the molecule is COc1ccnc(NC(C)Cc2ccc(F)cc2)n1. The van der Waals surface area contributed by atoms with Gasteiger partial charge in [0.2, 0.25) is 11.8 Å². The molecule has 19 heavy (non-hydrogen) atoms. The lowest BCUT2D eigenvalue weighted by Crippen LogP contribution is -2.19. The smallest absolute Gasteiger partial charge is 0.226 e. The van der Waals surface area contributed by atoms with Crippen LogP contribution in [0.15, 0.2) is 36.5 Å². The second-order valence-electron chi connectivity index (χ2n) is 4.30. The van der Waals surface area contributed by atoms with Gasteiger partial charge >= 0.3 is 0 Å². The number of ether oxygens (including phenoxy) is 1. The largest absolute Gasteiger partial charge is 0.481 e. The lowest BCUT2D eigenvalue weighted by atomic mass is 10.1. The van der Waals surface area contributed by atoms with E-state index < -0.39 is 0 Å². The third-order valence-corrected chi connectivity index (χ3v) is 2.67. The highest BCUT2D eigenvalue weighted by Gasteiger charge is 2.06. The highest BCUT2D eigenvalue weighted by Crippen LogP contribution is 2.11. The van der Waals surface area contributed by atoms with Gasteiger partial charge in [-0.15, -0.1) is 0 Å². The summed E-state index contributed by atoms with van der Waals surface area (Å²) in [5.41, 5.74) is 1.06. The highest BCUT2D eigenvalue weighted by molar-refractivity contribution is 5.29. The van der Waals surface area contributed by atoms with Crippen molar-refractivity contribution in [2.75, 3.05) is 12.4 Å². The number of rotatable bonds is 5. The molecule has 0 spiro atoms. The summed E-state index contributed by atoms with van der Waals surface area (Å²) < 4.78 is 17.8. The van der Waals surface area contributed by atoms with Gasteiger partial charge < -0.3 is 10.1 Å². The maximum atomic E-state index is 12.8. The molecule has 1 atom stereocenters. The van der Waals surface area contributed by atoms with E-state index in [9.17, 15) is 4.39 Å². The summed E-state index contributed by atoms with van der Waals surface area (Å²) in [4.78, 5) is 8.30. The number of nitrogens with zero attached hydrogens (tertiary/aromatic N) is 2. The predicted octanol–water partition coefficient (Wildman–Crippen LogP) is 2.67. The van der Waals surface area contributed by atoms with Crippen molar-refractivity contribution in [2.24, 2.45) is 0 Å². The number of hydrogen-bond donors (Lipinski definition) is 1. The van der Waals surface area contributed by atoms with Gasteiger partial charge in [-0.1, -0.05) is 12.1 Å². The Morgan fingerprint density at radius 2 is 2.00 bits per heavy atom. The van der Waals surface area contributed by atoms with E-state index in [0.717, 1.165) is 12.0 Å². The van der Waals surface area contributed by atoms with Gasteiger partial charge in [0.25, 0.3) is 0 Å². The van der Waals surface area contributed by atoms with Gasteiger partial charge in [0, 0.05) is 18.3 Å². The van der Waals surface area contributed by atoms with E-state index in [-0.39, 0.29) is 11.9 Å². The first-order valence-corrected chi connectivity index (χ1v) is 6.05. The molecule has 1 heterocycles. The molecule has 0 aliphatic heterocycles. The van der Waals surface area contributed by atoms with Crippen LogP contribution in [-0.2, 0) is 6.42 Å². The van der Waals surface area contributed by atoms with E-state index in [1.54, 1.807) is 31.5 Å². The quantitative estimate of drug-likeness (QED) is 0.899. The summed E-state index contributed by atoms with van der Waals surface area (Å²) in [6.07, 6.45) is 2.40. The van der Waals surface area contributed by atoms with E-state index >= 15 is 0 Å². The molecule has 0 saturated carbocycles. The van der Waals surface area contributed by atoms with Crippen LogP contribution >= 0.6 is 0 Å². The van der Waals surface area contributed by atoms with E-state index in [1.807, 2.05) is 6.92 Å². The Balaban J connectivity index is 1.96. The van der Waals surface area contributed by atoms with Gasteiger partial charge in [-0.2, -0.15) is 4.98 Å². The van der Waals surface area contributed by atoms with Crippen molar-refractivity contribution in [3.63, 3.8) is 0 Å². The highest BCUT2D eigenvalue weighted by atomic mass is 19.1. The summed E-state index contributed by atoms with van der Waals surface area (Å²) in [7, 11) is 1.56. The summed E-state index contributed by atoms with van der Waals surface area (Å²) in [6, 6.07) is 8.31. The van der Waals surface area contributed by atoms with Crippen LogP contribution in [0, 0.1) is 5.82 Å². The van der Waals surface area contributed by atoms with Crippen LogP contribution in [-0.4, -0.2) is 23.1 Å². The first-order valence-electron chi connectivity index (χ1n) is 6.05. The normalized spacial score (nSPS) is 11.9. The first-order chi connectivity index (χ1) is 9.17. The fraction of sp³-hybridized carbons (Fsp3) is 0.286. The van der Waals surface area contributed by atoms with Crippen molar-refractivity contribution in [1.82, 2.24) is 9.97 Å². The van der Waals surface area contributed by atoms with Gasteiger partial charge in [-0.25, -0.2) is 9.37 Å². The molecule has 1 aromatic heterocycles. The Kier molecular flexibility index (Phi) is 4.28. The second-order valence-corrected chi connectivity index (χ2v) is 4.30. The lowest BCUT2D eigenvalue weighted by molar-refractivity contribution is 0.397. The van der Waals surface area contributed by atoms with Crippen molar-refractivity contribution in [2.45, 2.75) is 19.4 Å². The molecule has 0 radical (unpaired) electrons. The van der Waals surface area contributed by atoms with E-state index in [4.69, 9.17) is 4.74 Å². The molecule has 1 unspecified atom stereocenters. The van der Waals surface area contributed by atoms with Gasteiger partial charge in [0.1, 0.15) is 5.82 Å². The molecule has 1 aromatic carbocycles. The Bertz CT molecular complexity index is 530. The molecule has 0 fully saturated rings. The van der Waals surface area contributed by atoms with E-state index in [0.29, 0.717) is 11.8 Å². The van der Waals surface area contributed by atoms with E-state index in [1.165, 1.54) is 12.1 Å². The van der Waals surface area contributed by atoms with Crippen molar-refractivity contribution < 1.29 is 9.13 Å². The Labute approximate surface area is 111 Å². The summed E-state index contributed by atoms with van der Waals surface area (Å²) in [5, 5.41) is 3.18. The number of benzene rings is 1. The average Bonchev–Trinajstić information content (AvgIpc) is 2.41. The van der Waals surface area contributed by atoms with Crippen molar-refractivity contribution in [3.05, 3.63) is 47.9 Å². The van der Waals surface area contributed by atoms with Crippen LogP contribution in [0.5, 0.6) is 5.88 Å². The van der Waals surface area contributed by atoms with E-state index in [2.05, 4.69) is 15.3 Å². The molecule has 0 saturated heterocycles. The monoisotopic (exact) mass is 261 g/mol.